The molecule has 1 amide bonds. The van der Waals surface area contributed by atoms with Crippen molar-refractivity contribution >= 4 is 6.09 Å². The third kappa shape index (κ3) is 4.48. The highest BCUT2D eigenvalue weighted by Crippen LogP contribution is 2.44. The minimum Gasteiger partial charge on any atom is -0.448 e. The normalized spacial score (nSPS) is 12.9. The van der Waals surface area contributed by atoms with Gasteiger partial charge in [-0.3, -0.25) is 0 Å². The van der Waals surface area contributed by atoms with Crippen molar-refractivity contribution < 1.29 is 27.8 Å². The van der Waals surface area contributed by atoms with E-state index >= 15 is 0 Å². The van der Waals surface area contributed by atoms with E-state index < -0.39 is 17.8 Å². The first-order chi connectivity index (χ1) is 15.4. The summed E-state index contributed by atoms with van der Waals surface area (Å²) in [6, 6.07) is 20.5. The maximum atomic E-state index is 12.8. The highest BCUT2D eigenvalue weighted by Gasteiger charge is 2.31. The van der Waals surface area contributed by atoms with Crippen molar-refractivity contribution in [3.8, 4) is 11.1 Å². The van der Waals surface area contributed by atoms with Gasteiger partial charge in [-0.25, -0.2) is 4.79 Å². The number of fused-ring (bicyclic) bond motifs is 3. The lowest BCUT2D eigenvalue weighted by Gasteiger charge is -2.23. The Hall–Kier alpha value is -3.32. The first kappa shape index (κ1) is 21.9. The van der Waals surface area contributed by atoms with Crippen molar-refractivity contribution in [3.05, 3.63) is 95.1 Å². The fourth-order valence-corrected chi connectivity index (χ4v) is 4.06. The van der Waals surface area contributed by atoms with Gasteiger partial charge >= 0.3 is 12.3 Å². The van der Waals surface area contributed by atoms with Crippen molar-refractivity contribution in [3.63, 3.8) is 0 Å². The topological polar surface area (TPSA) is 49.8 Å². The number of hydrogen-bond acceptors (Lipinski definition) is 3. The summed E-state index contributed by atoms with van der Waals surface area (Å²) in [5.74, 6) is -0.103. The molecule has 0 saturated carbocycles. The first-order valence-corrected chi connectivity index (χ1v) is 10.3. The molecule has 0 atom stereocenters. The lowest BCUT2D eigenvalue weighted by molar-refractivity contribution is -0.137. The molecule has 0 bridgehead atoms. The smallest absolute Gasteiger partial charge is 0.416 e. The molecule has 0 fully saturated rings. The van der Waals surface area contributed by atoms with Crippen molar-refractivity contribution in [1.82, 2.24) is 4.90 Å². The average molecular weight is 441 g/mol. The lowest BCUT2D eigenvalue weighted by Crippen LogP contribution is -2.34. The molecule has 0 heterocycles. The van der Waals surface area contributed by atoms with Gasteiger partial charge < -0.3 is 14.7 Å². The zero-order chi connectivity index (χ0) is 22.7. The monoisotopic (exact) mass is 441 g/mol. The van der Waals surface area contributed by atoms with Crippen LogP contribution in [0.15, 0.2) is 72.8 Å². The molecule has 7 heteroatoms. The zero-order valence-corrected chi connectivity index (χ0v) is 17.2. The number of benzene rings is 3. The van der Waals surface area contributed by atoms with Crippen molar-refractivity contribution in [2.75, 3.05) is 19.8 Å². The highest BCUT2D eigenvalue weighted by atomic mass is 19.4. The van der Waals surface area contributed by atoms with Gasteiger partial charge in [-0.2, -0.15) is 13.2 Å². The summed E-state index contributed by atoms with van der Waals surface area (Å²) in [6.45, 7) is -0.111. The van der Waals surface area contributed by atoms with E-state index in [1.807, 2.05) is 48.5 Å². The summed E-state index contributed by atoms with van der Waals surface area (Å²) in [4.78, 5) is 14.0. The molecule has 0 saturated heterocycles. The van der Waals surface area contributed by atoms with Gasteiger partial charge in [0, 0.05) is 19.0 Å². The zero-order valence-electron chi connectivity index (χ0n) is 17.2. The van der Waals surface area contributed by atoms with E-state index in [1.54, 1.807) is 0 Å². The van der Waals surface area contributed by atoms with Crippen LogP contribution in [0.25, 0.3) is 11.1 Å². The third-order valence-electron chi connectivity index (χ3n) is 5.62. The Morgan fingerprint density at radius 3 is 2.00 bits per heavy atom. The number of carbonyl (C=O) groups is 1. The Labute approximate surface area is 183 Å². The van der Waals surface area contributed by atoms with E-state index in [0.29, 0.717) is 5.56 Å². The summed E-state index contributed by atoms with van der Waals surface area (Å²) in [7, 11) is 0. The minimum atomic E-state index is -4.42. The van der Waals surface area contributed by atoms with Crippen LogP contribution in [0.5, 0.6) is 0 Å². The number of aliphatic hydroxyl groups is 1. The fourth-order valence-electron chi connectivity index (χ4n) is 4.06. The van der Waals surface area contributed by atoms with E-state index in [4.69, 9.17) is 4.74 Å². The van der Waals surface area contributed by atoms with Crippen LogP contribution in [-0.2, 0) is 17.5 Å². The largest absolute Gasteiger partial charge is 0.448 e. The standard InChI is InChI=1S/C25H22F3NO3/c26-25(27,28)18-11-9-17(10-12-18)15-29(13-14-30)24(31)32-16-23-21-7-3-1-5-19(21)20-6-2-4-8-22(20)23/h1-12,23,30H,13-16H2. The molecule has 0 unspecified atom stereocenters. The Kier molecular flexibility index (Phi) is 6.19. The van der Waals surface area contributed by atoms with E-state index in [-0.39, 0.29) is 32.2 Å². The molecule has 0 radical (unpaired) electrons. The molecule has 0 aromatic heterocycles. The molecule has 0 aliphatic heterocycles. The maximum Gasteiger partial charge on any atom is 0.416 e. The van der Waals surface area contributed by atoms with Gasteiger partial charge in [-0.1, -0.05) is 60.7 Å². The number of nitrogens with zero attached hydrogens (tertiary/aromatic N) is 1. The molecule has 0 spiro atoms. The molecular formula is C25H22F3NO3. The Morgan fingerprint density at radius 1 is 0.906 bits per heavy atom. The molecule has 3 aromatic carbocycles. The van der Waals surface area contributed by atoms with E-state index in [1.165, 1.54) is 17.0 Å². The summed E-state index contributed by atoms with van der Waals surface area (Å²) in [6.07, 6.45) is -5.04. The molecule has 4 rings (SSSR count). The van der Waals surface area contributed by atoms with Crippen molar-refractivity contribution in [1.29, 1.82) is 0 Å². The van der Waals surface area contributed by atoms with Gasteiger partial charge in [0.2, 0.25) is 0 Å². The van der Waals surface area contributed by atoms with Crippen LogP contribution in [-0.4, -0.2) is 35.9 Å². The predicted molar refractivity (Wildman–Crippen MR) is 114 cm³/mol. The second kappa shape index (κ2) is 9.04. The van der Waals surface area contributed by atoms with Crippen molar-refractivity contribution in [2.24, 2.45) is 0 Å². The van der Waals surface area contributed by atoms with E-state index in [9.17, 15) is 23.1 Å². The molecule has 32 heavy (non-hydrogen) atoms. The van der Waals surface area contributed by atoms with Gasteiger partial charge in [0.25, 0.3) is 0 Å². The Morgan fingerprint density at radius 2 is 1.47 bits per heavy atom. The van der Waals surface area contributed by atoms with Gasteiger partial charge in [-0.05, 0) is 39.9 Å². The van der Waals surface area contributed by atoms with Gasteiger partial charge in [-0.15, -0.1) is 0 Å². The SMILES string of the molecule is O=C(OCC1c2ccccc2-c2ccccc21)N(CCO)Cc1ccc(C(F)(F)F)cc1. The molecule has 3 aromatic rings. The number of amides is 1. The predicted octanol–water partition coefficient (Wildman–Crippen LogP) is 5.45. The van der Waals surface area contributed by atoms with Crippen LogP contribution in [0, 0.1) is 0 Å². The molecule has 1 aliphatic carbocycles. The molecular weight excluding hydrogens is 419 g/mol. The van der Waals surface area contributed by atoms with Crippen molar-refractivity contribution in [2.45, 2.75) is 18.6 Å². The molecule has 1 N–H and O–H groups in total. The van der Waals surface area contributed by atoms with Gasteiger partial charge in [0.1, 0.15) is 6.61 Å². The Balaban J connectivity index is 1.46. The van der Waals surface area contributed by atoms with Gasteiger partial charge in [0.15, 0.2) is 0 Å². The Bertz CT molecular complexity index is 1050. The second-order valence-electron chi connectivity index (χ2n) is 7.64. The van der Waals surface area contributed by atoms with E-state index in [2.05, 4.69) is 0 Å². The molecule has 4 nitrogen and oxygen atoms in total. The summed E-state index contributed by atoms with van der Waals surface area (Å²) >= 11 is 0. The first-order valence-electron chi connectivity index (χ1n) is 10.3. The second-order valence-corrected chi connectivity index (χ2v) is 7.64. The lowest BCUT2D eigenvalue weighted by atomic mass is 9.98. The molecule has 166 valence electrons. The van der Waals surface area contributed by atoms with Crippen LogP contribution in [0.1, 0.15) is 28.2 Å². The number of aliphatic hydroxyl groups excluding tert-OH is 1. The van der Waals surface area contributed by atoms with Crippen LogP contribution >= 0.6 is 0 Å². The number of ether oxygens (including phenoxy) is 1. The number of hydrogen-bond donors (Lipinski definition) is 1. The third-order valence-corrected chi connectivity index (χ3v) is 5.62. The summed E-state index contributed by atoms with van der Waals surface area (Å²) in [5, 5.41) is 9.36. The molecule has 1 aliphatic rings. The highest BCUT2D eigenvalue weighted by molar-refractivity contribution is 5.79. The van der Waals surface area contributed by atoms with Crippen LogP contribution < -0.4 is 0 Å². The average Bonchev–Trinajstić information content (AvgIpc) is 3.11. The van der Waals surface area contributed by atoms with E-state index in [0.717, 1.165) is 34.4 Å². The van der Waals surface area contributed by atoms with Crippen LogP contribution in [0.2, 0.25) is 0 Å². The number of alkyl halides is 3. The fraction of sp³-hybridized carbons (Fsp3) is 0.240. The van der Waals surface area contributed by atoms with Crippen LogP contribution in [0.4, 0.5) is 18.0 Å². The minimum absolute atomic E-state index is 0.0116. The number of halogens is 3. The quantitative estimate of drug-likeness (QED) is 0.554. The van der Waals surface area contributed by atoms with Gasteiger partial charge in [0.05, 0.1) is 12.2 Å². The van der Waals surface area contributed by atoms with Crippen LogP contribution in [0.3, 0.4) is 0 Å². The number of carbonyl (C=O) groups excluding carboxylic acids is 1. The maximum absolute atomic E-state index is 12.8. The summed E-state index contributed by atoms with van der Waals surface area (Å²) in [5.41, 5.74) is 4.15. The number of rotatable bonds is 6. The summed E-state index contributed by atoms with van der Waals surface area (Å²) < 4.78 is 43.9.